The fourth-order valence-electron chi connectivity index (χ4n) is 2.29. The third-order valence-corrected chi connectivity index (χ3v) is 3.17. The molecule has 1 aliphatic rings. The van der Waals surface area contributed by atoms with E-state index in [4.69, 9.17) is 9.57 Å². The highest BCUT2D eigenvalue weighted by Gasteiger charge is 2.22. The van der Waals surface area contributed by atoms with Crippen molar-refractivity contribution in [1.82, 2.24) is 5.48 Å². The quantitative estimate of drug-likeness (QED) is 0.833. The third-order valence-electron chi connectivity index (χ3n) is 3.17. The number of methoxy groups -OCH3 is 1. The molecule has 1 N–H and O–H groups in total. The third kappa shape index (κ3) is 3.24. The minimum atomic E-state index is -0.163. The van der Waals surface area contributed by atoms with Gasteiger partial charge in [0.25, 0.3) is 0 Å². The fraction of sp³-hybridized carbons (Fsp3) is 0.600. The summed E-state index contributed by atoms with van der Waals surface area (Å²) in [6.07, 6.45) is 3.43. The Morgan fingerprint density at radius 2 is 2.06 bits per heavy atom. The molecule has 0 saturated heterocycles. The van der Waals surface area contributed by atoms with Crippen LogP contribution in [-0.2, 0) is 11.3 Å². The van der Waals surface area contributed by atoms with Crippen molar-refractivity contribution in [1.29, 1.82) is 0 Å². The summed E-state index contributed by atoms with van der Waals surface area (Å²) in [4.78, 5) is 5.70. The van der Waals surface area contributed by atoms with Crippen LogP contribution in [0.15, 0.2) is 18.2 Å². The zero-order valence-corrected chi connectivity index (χ0v) is 11.7. The number of benzene rings is 1. The molecule has 0 fully saturated rings. The van der Waals surface area contributed by atoms with Crippen molar-refractivity contribution in [3.8, 4) is 5.75 Å². The molecular weight excluding hydrogens is 226 g/mol. The second-order valence-electron chi connectivity index (χ2n) is 5.84. The van der Waals surface area contributed by atoms with Crippen molar-refractivity contribution < 1.29 is 9.57 Å². The van der Waals surface area contributed by atoms with Crippen LogP contribution in [0.1, 0.15) is 50.8 Å². The first-order valence-electron chi connectivity index (χ1n) is 6.60. The van der Waals surface area contributed by atoms with Gasteiger partial charge in [-0.15, -0.1) is 0 Å². The van der Waals surface area contributed by atoms with Gasteiger partial charge in [-0.1, -0.05) is 6.07 Å². The average Bonchev–Trinajstić information content (AvgIpc) is 2.34. The number of aryl methyl sites for hydroxylation is 1. The number of hydrogen-bond acceptors (Lipinski definition) is 3. The van der Waals surface area contributed by atoms with Gasteiger partial charge >= 0.3 is 0 Å². The summed E-state index contributed by atoms with van der Waals surface area (Å²) < 4.78 is 5.28. The predicted octanol–water partition coefficient (Wildman–Crippen LogP) is 3.39. The van der Waals surface area contributed by atoms with Crippen molar-refractivity contribution >= 4 is 0 Å². The van der Waals surface area contributed by atoms with Crippen LogP contribution < -0.4 is 10.2 Å². The maximum atomic E-state index is 5.70. The zero-order chi connectivity index (χ0) is 13.2. The molecule has 0 aromatic heterocycles. The number of nitrogens with one attached hydrogen (secondary N) is 1. The summed E-state index contributed by atoms with van der Waals surface area (Å²) in [5, 5.41) is 0. The number of rotatable bonds is 3. The van der Waals surface area contributed by atoms with E-state index in [-0.39, 0.29) is 5.60 Å². The lowest BCUT2D eigenvalue weighted by atomic mass is 9.88. The standard InChI is InChI=1S/C15H23NO2/c1-15(2,3)18-16-14-7-5-6-11-10-12(17-4)8-9-13(11)14/h8-10,14,16H,5-7H2,1-4H3. The molecule has 2 rings (SSSR count). The monoisotopic (exact) mass is 249 g/mol. The minimum Gasteiger partial charge on any atom is -0.497 e. The molecule has 1 unspecified atom stereocenters. The molecule has 0 bridgehead atoms. The molecule has 0 saturated carbocycles. The first-order valence-corrected chi connectivity index (χ1v) is 6.60. The molecule has 1 atom stereocenters. The van der Waals surface area contributed by atoms with E-state index in [1.165, 1.54) is 17.5 Å². The van der Waals surface area contributed by atoms with Crippen molar-refractivity contribution in [2.75, 3.05) is 7.11 Å². The van der Waals surface area contributed by atoms with Crippen molar-refractivity contribution in [3.05, 3.63) is 29.3 Å². The predicted molar refractivity (Wildman–Crippen MR) is 72.6 cm³/mol. The van der Waals surface area contributed by atoms with Gasteiger partial charge in [-0.3, -0.25) is 4.84 Å². The molecule has 1 aromatic carbocycles. The number of fused-ring (bicyclic) bond motifs is 1. The minimum absolute atomic E-state index is 0.163. The van der Waals surface area contributed by atoms with Crippen LogP contribution in [-0.4, -0.2) is 12.7 Å². The van der Waals surface area contributed by atoms with Crippen LogP contribution in [0.3, 0.4) is 0 Å². The summed E-state index contributed by atoms with van der Waals surface area (Å²) >= 11 is 0. The first-order chi connectivity index (χ1) is 8.49. The van der Waals surface area contributed by atoms with E-state index in [1.807, 2.05) is 6.07 Å². The molecule has 0 aliphatic heterocycles. The Morgan fingerprint density at radius 3 is 2.72 bits per heavy atom. The van der Waals surface area contributed by atoms with E-state index in [1.54, 1.807) is 7.11 Å². The lowest BCUT2D eigenvalue weighted by Crippen LogP contribution is -2.33. The van der Waals surface area contributed by atoms with Gasteiger partial charge in [0.05, 0.1) is 18.8 Å². The van der Waals surface area contributed by atoms with Crippen LogP contribution in [0.2, 0.25) is 0 Å². The van der Waals surface area contributed by atoms with Crippen LogP contribution in [0.25, 0.3) is 0 Å². The smallest absolute Gasteiger partial charge is 0.119 e. The van der Waals surface area contributed by atoms with E-state index in [9.17, 15) is 0 Å². The summed E-state index contributed by atoms with van der Waals surface area (Å²) in [6, 6.07) is 6.60. The highest BCUT2D eigenvalue weighted by atomic mass is 16.7. The maximum absolute atomic E-state index is 5.70. The lowest BCUT2D eigenvalue weighted by molar-refractivity contribution is -0.0911. The summed E-state index contributed by atoms with van der Waals surface area (Å²) in [5.41, 5.74) is 5.76. The molecule has 18 heavy (non-hydrogen) atoms. The highest BCUT2D eigenvalue weighted by Crippen LogP contribution is 2.32. The molecule has 1 aliphatic carbocycles. The van der Waals surface area contributed by atoms with Gasteiger partial charge in [-0.25, -0.2) is 0 Å². The van der Waals surface area contributed by atoms with Crippen LogP contribution >= 0.6 is 0 Å². The molecule has 0 heterocycles. The lowest BCUT2D eigenvalue weighted by Gasteiger charge is -2.29. The second-order valence-corrected chi connectivity index (χ2v) is 5.84. The Morgan fingerprint density at radius 1 is 1.28 bits per heavy atom. The summed E-state index contributed by atoms with van der Waals surface area (Å²) in [6.45, 7) is 6.16. The number of hydrogen-bond donors (Lipinski definition) is 1. The van der Waals surface area contributed by atoms with E-state index >= 15 is 0 Å². The molecule has 100 valence electrons. The summed E-state index contributed by atoms with van der Waals surface area (Å²) in [7, 11) is 1.71. The van der Waals surface area contributed by atoms with Gasteiger partial charge in [0, 0.05) is 0 Å². The SMILES string of the molecule is COc1ccc2c(c1)CCCC2NOC(C)(C)C. The van der Waals surface area contributed by atoms with Gasteiger partial charge in [-0.2, -0.15) is 5.48 Å². The maximum Gasteiger partial charge on any atom is 0.119 e. The molecule has 0 radical (unpaired) electrons. The molecule has 0 spiro atoms. The van der Waals surface area contributed by atoms with E-state index < -0.39 is 0 Å². The van der Waals surface area contributed by atoms with E-state index in [0.717, 1.165) is 18.6 Å². The largest absolute Gasteiger partial charge is 0.497 e. The topological polar surface area (TPSA) is 30.5 Å². The Balaban J connectivity index is 2.13. The molecule has 3 heteroatoms. The molecule has 0 amide bonds. The molecular formula is C15H23NO2. The Kier molecular flexibility index (Phi) is 3.93. The average molecular weight is 249 g/mol. The van der Waals surface area contributed by atoms with Crippen molar-refractivity contribution in [3.63, 3.8) is 0 Å². The Bertz CT molecular complexity index is 409. The zero-order valence-electron chi connectivity index (χ0n) is 11.7. The Labute approximate surface area is 109 Å². The van der Waals surface area contributed by atoms with Gasteiger partial charge < -0.3 is 4.74 Å². The van der Waals surface area contributed by atoms with Crippen LogP contribution in [0.4, 0.5) is 0 Å². The van der Waals surface area contributed by atoms with Crippen molar-refractivity contribution in [2.45, 2.75) is 51.7 Å². The van der Waals surface area contributed by atoms with Gasteiger partial charge in [0.2, 0.25) is 0 Å². The van der Waals surface area contributed by atoms with Gasteiger partial charge in [0.1, 0.15) is 5.75 Å². The first kappa shape index (κ1) is 13.4. The second kappa shape index (κ2) is 5.29. The highest BCUT2D eigenvalue weighted by molar-refractivity contribution is 5.38. The fourth-order valence-corrected chi connectivity index (χ4v) is 2.29. The molecule has 1 aromatic rings. The summed E-state index contributed by atoms with van der Waals surface area (Å²) in [5.74, 6) is 0.936. The van der Waals surface area contributed by atoms with E-state index in [2.05, 4.69) is 38.4 Å². The number of hydroxylamine groups is 1. The van der Waals surface area contributed by atoms with Crippen molar-refractivity contribution in [2.24, 2.45) is 0 Å². The van der Waals surface area contributed by atoms with Crippen LogP contribution in [0, 0.1) is 0 Å². The van der Waals surface area contributed by atoms with Gasteiger partial charge in [-0.05, 0) is 63.3 Å². The van der Waals surface area contributed by atoms with Crippen LogP contribution in [0.5, 0.6) is 5.75 Å². The van der Waals surface area contributed by atoms with E-state index in [0.29, 0.717) is 6.04 Å². The Hall–Kier alpha value is -1.06. The molecule has 3 nitrogen and oxygen atoms in total. The number of ether oxygens (including phenoxy) is 1. The van der Waals surface area contributed by atoms with Gasteiger partial charge in [0.15, 0.2) is 0 Å². The normalized spacial score (nSPS) is 19.4.